The van der Waals surface area contributed by atoms with E-state index in [2.05, 4.69) is 20.6 Å². The Bertz CT molecular complexity index is 687. The van der Waals surface area contributed by atoms with Crippen molar-refractivity contribution in [3.05, 3.63) is 12.1 Å². The summed E-state index contributed by atoms with van der Waals surface area (Å²) in [5, 5.41) is 7.54. The number of anilines is 1. The summed E-state index contributed by atoms with van der Waals surface area (Å²) in [6.07, 6.45) is 2.10. The molecule has 2 aromatic rings. The molecule has 7 heteroatoms. The van der Waals surface area contributed by atoms with E-state index >= 15 is 0 Å². The first-order valence-corrected chi connectivity index (χ1v) is 7.70. The molecule has 0 bridgehead atoms. The summed E-state index contributed by atoms with van der Waals surface area (Å²) in [5.41, 5.74) is 0.755. The normalized spacial score (nSPS) is 15.4. The first-order valence-electron chi connectivity index (χ1n) is 7.70. The average Bonchev–Trinajstić information content (AvgIpc) is 2.60. The minimum absolute atomic E-state index is 0.374. The Labute approximate surface area is 135 Å². The van der Waals surface area contributed by atoms with Crippen LogP contribution in [0, 0.1) is 0 Å². The van der Waals surface area contributed by atoms with Gasteiger partial charge >= 0.3 is 0 Å². The highest BCUT2D eigenvalue weighted by molar-refractivity contribution is 5.87. The summed E-state index contributed by atoms with van der Waals surface area (Å²) >= 11 is 0. The highest BCUT2D eigenvalue weighted by atomic mass is 16.5. The van der Waals surface area contributed by atoms with Crippen LogP contribution in [0.15, 0.2) is 12.1 Å². The van der Waals surface area contributed by atoms with Crippen molar-refractivity contribution in [1.29, 1.82) is 0 Å². The van der Waals surface area contributed by atoms with Gasteiger partial charge in [0.05, 0.1) is 32.2 Å². The third-order valence-electron chi connectivity index (χ3n) is 4.03. The lowest BCUT2D eigenvalue weighted by Crippen LogP contribution is -2.35. The van der Waals surface area contributed by atoms with Gasteiger partial charge in [-0.1, -0.05) is 0 Å². The Morgan fingerprint density at radius 2 is 1.70 bits per heavy atom. The zero-order chi connectivity index (χ0) is 16.2. The van der Waals surface area contributed by atoms with Crippen LogP contribution in [0.1, 0.15) is 12.8 Å². The van der Waals surface area contributed by atoms with Crippen molar-refractivity contribution in [3.8, 4) is 17.4 Å². The number of fused-ring (bicyclic) bond motifs is 1. The minimum Gasteiger partial charge on any atom is -0.493 e. The van der Waals surface area contributed by atoms with Crippen molar-refractivity contribution in [1.82, 2.24) is 15.3 Å². The molecule has 1 aromatic carbocycles. The van der Waals surface area contributed by atoms with Crippen molar-refractivity contribution < 1.29 is 14.2 Å². The van der Waals surface area contributed by atoms with Gasteiger partial charge in [-0.3, -0.25) is 0 Å². The predicted octanol–water partition coefficient (Wildman–Crippen LogP) is 1.82. The molecule has 0 spiro atoms. The van der Waals surface area contributed by atoms with E-state index in [0.717, 1.165) is 36.8 Å². The van der Waals surface area contributed by atoms with E-state index in [0.29, 0.717) is 29.4 Å². The van der Waals surface area contributed by atoms with Gasteiger partial charge in [0, 0.05) is 12.1 Å². The van der Waals surface area contributed by atoms with Crippen LogP contribution in [0.25, 0.3) is 10.9 Å². The number of rotatable bonds is 5. The van der Waals surface area contributed by atoms with Gasteiger partial charge in [0.1, 0.15) is 0 Å². The lowest BCUT2D eigenvalue weighted by Gasteiger charge is -2.24. The molecule has 3 rings (SSSR count). The van der Waals surface area contributed by atoms with E-state index in [1.165, 1.54) is 0 Å². The predicted molar refractivity (Wildman–Crippen MR) is 88.7 cm³/mol. The molecule has 0 atom stereocenters. The van der Waals surface area contributed by atoms with Crippen LogP contribution in [-0.2, 0) is 0 Å². The molecular weight excluding hydrogens is 296 g/mol. The van der Waals surface area contributed by atoms with E-state index in [1.807, 2.05) is 12.1 Å². The van der Waals surface area contributed by atoms with Gasteiger partial charge in [0.2, 0.25) is 11.8 Å². The quantitative estimate of drug-likeness (QED) is 0.870. The average molecular weight is 318 g/mol. The summed E-state index contributed by atoms with van der Waals surface area (Å²) in [7, 11) is 4.81. The van der Waals surface area contributed by atoms with Gasteiger partial charge in [-0.25, -0.2) is 4.98 Å². The van der Waals surface area contributed by atoms with Gasteiger partial charge in [0.25, 0.3) is 0 Å². The number of ether oxygens (including phenoxy) is 3. The fourth-order valence-electron chi connectivity index (χ4n) is 2.80. The molecule has 1 aromatic heterocycles. The summed E-state index contributed by atoms with van der Waals surface area (Å²) in [6.45, 7) is 2.01. The second kappa shape index (κ2) is 6.87. The van der Waals surface area contributed by atoms with Crippen molar-refractivity contribution >= 4 is 16.9 Å². The summed E-state index contributed by atoms with van der Waals surface area (Å²) in [6, 6.07) is 4.05. The number of nitrogens with one attached hydrogen (secondary N) is 2. The lowest BCUT2D eigenvalue weighted by atomic mass is 10.1. The Kier molecular flexibility index (Phi) is 4.66. The largest absolute Gasteiger partial charge is 0.493 e. The smallest absolute Gasteiger partial charge is 0.226 e. The van der Waals surface area contributed by atoms with Crippen LogP contribution < -0.4 is 24.8 Å². The third-order valence-corrected chi connectivity index (χ3v) is 4.03. The van der Waals surface area contributed by atoms with Gasteiger partial charge in [-0.05, 0) is 32.0 Å². The molecule has 7 nitrogen and oxygen atoms in total. The molecule has 0 amide bonds. The molecule has 1 aliphatic heterocycles. The molecule has 0 unspecified atom stereocenters. The van der Waals surface area contributed by atoms with Gasteiger partial charge in [-0.2, -0.15) is 4.98 Å². The second-order valence-corrected chi connectivity index (χ2v) is 5.45. The number of hydrogen-bond acceptors (Lipinski definition) is 7. The minimum atomic E-state index is 0.374. The summed E-state index contributed by atoms with van der Waals surface area (Å²) < 4.78 is 16.1. The second-order valence-electron chi connectivity index (χ2n) is 5.45. The standard InChI is InChI=1S/C16H22N4O3/c1-21-13-8-11-12(9-14(13)22-2)19-16(20-15(11)23-3)18-10-4-6-17-7-5-10/h8-10,17H,4-7H2,1-3H3,(H,18,19,20). The van der Waals surface area contributed by atoms with E-state index in [1.54, 1.807) is 21.3 Å². The molecule has 1 fully saturated rings. The Balaban J connectivity index is 2.00. The molecule has 0 aliphatic carbocycles. The van der Waals surface area contributed by atoms with E-state index < -0.39 is 0 Å². The van der Waals surface area contributed by atoms with Crippen LogP contribution in [0.3, 0.4) is 0 Å². The van der Waals surface area contributed by atoms with Gasteiger partial charge in [-0.15, -0.1) is 0 Å². The molecule has 124 valence electrons. The van der Waals surface area contributed by atoms with Crippen molar-refractivity contribution in [3.63, 3.8) is 0 Å². The number of hydrogen-bond donors (Lipinski definition) is 2. The zero-order valence-corrected chi connectivity index (χ0v) is 13.7. The molecule has 1 aliphatic rings. The van der Waals surface area contributed by atoms with Crippen molar-refractivity contribution in [2.45, 2.75) is 18.9 Å². The zero-order valence-electron chi connectivity index (χ0n) is 13.7. The van der Waals surface area contributed by atoms with Gasteiger partial charge < -0.3 is 24.8 Å². The number of methoxy groups -OCH3 is 3. The maximum absolute atomic E-state index is 5.43. The van der Waals surface area contributed by atoms with E-state index in [4.69, 9.17) is 14.2 Å². The van der Waals surface area contributed by atoms with E-state index in [9.17, 15) is 0 Å². The summed E-state index contributed by atoms with van der Waals surface area (Å²) in [4.78, 5) is 9.09. The molecule has 0 radical (unpaired) electrons. The van der Waals surface area contributed by atoms with Crippen LogP contribution >= 0.6 is 0 Å². The molecule has 1 saturated heterocycles. The molecule has 0 saturated carbocycles. The maximum atomic E-state index is 5.43. The fraction of sp³-hybridized carbons (Fsp3) is 0.500. The number of piperidine rings is 1. The van der Waals surface area contributed by atoms with Crippen LogP contribution in [0.4, 0.5) is 5.95 Å². The Morgan fingerprint density at radius 3 is 2.35 bits per heavy atom. The van der Waals surface area contributed by atoms with Gasteiger partial charge in [0.15, 0.2) is 11.5 Å². The number of benzene rings is 1. The van der Waals surface area contributed by atoms with Crippen molar-refractivity contribution in [2.75, 3.05) is 39.7 Å². The van der Waals surface area contributed by atoms with E-state index in [-0.39, 0.29) is 0 Å². The molecular formula is C16H22N4O3. The van der Waals surface area contributed by atoms with Crippen LogP contribution in [-0.4, -0.2) is 50.4 Å². The lowest BCUT2D eigenvalue weighted by molar-refractivity contribution is 0.355. The maximum Gasteiger partial charge on any atom is 0.226 e. The van der Waals surface area contributed by atoms with Crippen LogP contribution in [0.5, 0.6) is 17.4 Å². The topological polar surface area (TPSA) is 77.5 Å². The molecule has 2 N–H and O–H groups in total. The summed E-state index contributed by atoms with van der Waals surface area (Å²) in [5.74, 6) is 2.36. The first-order chi connectivity index (χ1) is 11.2. The number of nitrogens with zero attached hydrogens (tertiary/aromatic N) is 2. The fourth-order valence-corrected chi connectivity index (χ4v) is 2.80. The monoisotopic (exact) mass is 318 g/mol. The SMILES string of the molecule is COc1cc2nc(NC3CCNCC3)nc(OC)c2cc1OC. The molecule has 23 heavy (non-hydrogen) atoms. The van der Waals surface area contributed by atoms with Crippen LogP contribution in [0.2, 0.25) is 0 Å². The first kappa shape index (κ1) is 15.6. The highest BCUT2D eigenvalue weighted by Gasteiger charge is 2.17. The number of aromatic nitrogens is 2. The third kappa shape index (κ3) is 3.24. The van der Waals surface area contributed by atoms with Crippen molar-refractivity contribution in [2.24, 2.45) is 0 Å². The molecule has 2 heterocycles. The Hall–Kier alpha value is -2.28. The Morgan fingerprint density at radius 1 is 1.00 bits per heavy atom. The highest BCUT2D eigenvalue weighted by Crippen LogP contribution is 2.35.